The molecule has 0 aliphatic heterocycles. The number of benzene rings is 1. The minimum atomic E-state index is -4.39. The van der Waals surface area contributed by atoms with Gasteiger partial charge in [-0.3, -0.25) is 4.79 Å². The molecule has 0 radical (unpaired) electrons. The molecule has 2 saturated carbocycles. The van der Waals surface area contributed by atoms with Crippen LogP contribution in [0.5, 0.6) is 0 Å². The Balaban J connectivity index is 1.53. The fourth-order valence-electron chi connectivity index (χ4n) is 3.68. The molecular weight excluding hydrogens is 367 g/mol. The summed E-state index contributed by atoms with van der Waals surface area (Å²) in [6, 6.07) is 5.61. The number of hydrogen-bond acceptors (Lipinski definition) is 2. The van der Waals surface area contributed by atoms with Crippen LogP contribution in [0.15, 0.2) is 36.7 Å². The topological polar surface area (TPSA) is 38.1 Å². The summed E-state index contributed by atoms with van der Waals surface area (Å²) in [5.41, 5.74) is -0.427. The fraction of sp³-hybridized carbons (Fsp3) is 0.524. The van der Waals surface area contributed by atoms with Crippen molar-refractivity contribution >= 4 is 5.91 Å². The van der Waals surface area contributed by atoms with Crippen LogP contribution in [0.1, 0.15) is 49.1 Å². The van der Waals surface area contributed by atoms with Gasteiger partial charge in [-0.05, 0) is 43.2 Å². The maximum Gasteiger partial charge on any atom is 0.416 e. The number of hydrogen-bond donors (Lipinski definition) is 0. The van der Waals surface area contributed by atoms with Crippen LogP contribution >= 0.6 is 0 Å². The van der Waals surface area contributed by atoms with Crippen molar-refractivity contribution in [2.45, 2.75) is 51.4 Å². The number of rotatable bonds is 7. The van der Waals surface area contributed by atoms with Gasteiger partial charge in [-0.15, -0.1) is 0 Å². The predicted molar refractivity (Wildman–Crippen MR) is 98.3 cm³/mol. The van der Waals surface area contributed by atoms with E-state index in [1.165, 1.54) is 12.1 Å². The Labute approximate surface area is 162 Å². The second kappa shape index (κ2) is 7.60. The molecule has 0 bridgehead atoms. The Morgan fingerprint density at radius 2 is 1.93 bits per heavy atom. The summed E-state index contributed by atoms with van der Waals surface area (Å²) in [5, 5.41) is 0. The van der Waals surface area contributed by atoms with Gasteiger partial charge in [-0.25, -0.2) is 4.98 Å². The lowest BCUT2D eigenvalue weighted by atomic mass is 9.84. The highest BCUT2D eigenvalue weighted by Gasteiger charge is 2.35. The predicted octanol–water partition coefficient (Wildman–Crippen LogP) is 4.49. The molecule has 1 aromatic carbocycles. The van der Waals surface area contributed by atoms with Crippen molar-refractivity contribution in [2.24, 2.45) is 11.8 Å². The lowest BCUT2D eigenvalue weighted by Gasteiger charge is -2.31. The van der Waals surface area contributed by atoms with Crippen molar-refractivity contribution in [3.05, 3.63) is 53.6 Å². The molecule has 7 heteroatoms. The average Bonchev–Trinajstić information content (AvgIpc) is 3.31. The minimum absolute atomic E-state index is 0.0832. The van der Waals surface area contributed by atoms with E-state index >= 15 is 0 Å². The van der Waals surface area contributed by atoms with E-state index in [-0.39, 0.29) is 23.9 Å². The van der Waals surface area contributed by atoms with E-state index in [2.05, 4.69) is 4.98 Å². The average molecular weight is 391 g/mol. The summed E-state index contributed by atoms with van der Waals surface area (Å²) in [5.74, 6) is 1.46. The van der Waals surface area contributed by atoms with Crippen molar-refractivity contribution in [3.63, 3.8) is 0 Å². The van der Waals surface area contributed by atoms with Gasteiger partial charge in [-0.1, -0.05) is 24.6 Å². The molecule has 2 aliphatic rings. The molecule has 1 amide bonds. The first-order chi connectivity index (χ1) is 13.4. The zero-order chi connectivity index (χ0) is 19.7. The number of carbonyl (C=O) groups is 1. The number of nitrogens with zero attached hydrogens (tertiary/aromatic N) is 3. The van der Waals surface area contributed by atoms with Crippen molar-refractivity contribution < 1.29 is 18.0 Å². The minimum Gasteiger partial charge on any atom is -0.335 e. The zero-order valence-corrected chi connectivity index (χ0v) is 15.7. The number of halogens is 3. The van der Waals surface area contributed by atoms with E-state index in [0.717, 1.165) is 44.7 Å². The standard InChI is InChI=1S/C21H24F3N3O/c22-21(23,24)18-7-2-1-4-17(18)13-26-11-10-25-19(26)14-27(12-15-8-9-15)20(28)16-5-3-6-16/h1-2,4,7,10-11,15-16H,3,5-6,8-9,12-14H2. The first kappa shape index (κ1) is 19.0. The van der Waals surface area contributed by atoms with Gasteiger partial charge in [0.1, 0.15) is 5.82 Å². The Bertz CT molecular complexity index is 837. The van der Waals surface area contributed by atoms with Gasteiger partial charge in [0, 0.05) is 31.4 Å². The van der Waals surface area contributed by atoms with Crippen LogP contribution in [0.3, 0.4) is 0 Å². The Hall–Kier alpha value is -2.31. The van der Waals surface area contributed by atoms with Gasteiger partial charge < -0.3 is 9.47 Å². The van der Waals surface area contributed by atoms with Gasteiger partial charge in [0.05, 0.1) is 12.1 Å². The smallest absolute Gasteiger partial charge is 0.335 e. The molecule has 1 heterocycles. The lowest BCUT2D eigenvalue weighted by Crippen LogP contribution is -2.40. The second-order valence-corrected chi connectivity index (χ2v) is 7.92. The van der Waals surface area contributed by atoms with Crippen LogP contribution in [-0.4, -0.2) is 26.9 Å². The Morgan fingerprint density at radius 3 is 2.57 bits per heavy atom. The maximum absolute atomic E-state index is 13.3. The van der Waals surface area contributed by atoms with Crippen molar-refractivity contribution in [2.75, 3.05) is 6.54 Å². The zero-order valence-electron chi connectivity index (χ0n) is 15.7. The monoisotopic (exact) mass is 391 g/mol. The highest BCUT2D eigenvalue weighted by Crippen LogP contribution is 2.34. The summed E-state index contributed by atoms with van der Waals surface area (Å²) < 4.78 is 41.6. The highest BCUT2D eigenvalue weighted by atomic mass is 19.4. The first-order valence-electron chi connectivity index (χ1n) is 9.85. The van der Waals surface area contributed by atoms with Gasteiger partial charge in [0.25, 0.3) is 0 Å². The summed E-state index contributed by atoms with van der Waals surface area (Å²) in [4.78, 5) is 19.0. The van der Waals surface area contributed by atoms with Gasteiger partial charge >= 0.3 is 6.18 Å². The van der Waals surface area contributed by atoms with Crippen molar-refractivity contribution in [1.29, 1.82) is 0 Å². The molecular formula is C21H24F3N3O. The quantitative estimate of drug-likeness (QED) is 0.698. The van der Waals surface area contributed by atoms with Gasteiger partial charge in [-0.2, -0.15) is 13.2 Å². The third kappa shape index (κ3) is 4.23. The van der Waals surface area contributed by atoms with E-state index in [9.17, 15) is 18.0 Å². The highest BCUT2D eigenvalue weighted by molar-refractivity contribution is 5.79. The summed E-state index contributed by atoms with van der Waals surface area (Å²) in [6.07, 6.45) is 4.14. The molecule has 4 rings (SSSR count). The molecule has 0 unspecified atom stereocenters. The molecule has 0 N–H and O–H groups in total. The molecule has 0 spiro atoms. The third-order valence-corrected chi connectivity index (χ3v) is 5.74. The molecule has 28 heavy (non-hydrogen) atoms. The van der Waals surface area contributed by atoms with Crippen LogP contribution in [-0.2, 0) is 24.1 Å². The van der Waals surface area contributed by atoms with Crippen LogP contribution in [0, 0.1) is 11.8 Å². The Kier molecular flexibility index (Phi) is 5.17. The largest absolute Gasteiger partial charge is 0.416 e. The van der Waals surface area contributed by atoms with E-state index < -0.39 is 11.7 Å². The second-order valence-electron chi connectivity index (χ2n) is 7.92. The molecule has 0 atom stereocenters. The number of carbonyl (C=O) groups excluding carboxylic acids is 1. The van der Waals surface area contributed by atoms with Crippen molar-refractivity contribution in [3.8, 4) is 0 Å². The third-order valence-electron chi connectivity index (χ3n) is 5.74. The number of imidazole rings is 1. The molecule has 0 saturated heterocycles. The van der Waals surface area contributed by atoms with Crippen molar-refractivity contribution in [1.82, 2.24) is 14.5 Å². The van der Waals surface area contributed by atoms with E-state index in [4.69, 9.17) is 0 Å². The molecule has 2 fully saturated rings. The Morgan fingerprint density at radius 1 is 1.18 bits per heavy atom. The van der Waals surface area contributed by atoms with E-state index in [1.54, 1.807) is 23.0 Å². The van der Waals surface area contributed by atoms with Gasteiger partial charge in [0.15, 0.2) is 0 Å². The molecule has 1 aromatic heterocycles. The summed E-state index contributed by atoms with van der Waals surface area (Å²) in [6.45, 7) is 1.16. The fourth-order valence-corrected chi connectivity index (χ4v) is 3.68. The van der Waals surface area contributed by atoms with E-state index in [0.29, 0.717) is 18.3 Å². The van der Waals surface area contributed by atoms with Crippen LogP contribution in [0.25, 0.3) is 0 Å². The van der Waals surface area contributed by atoms with Gasteiger partial charge in [0.2, 0.25) is 5.91 Å². The first-order valence-corrected chi connectivity index (χ1v) is 9.85. The van der Waals surface area contributed by atoms with E-state index in [1.807, 2.05) is 4.90 Å². The molecule has 4 nitrogen and oxygen atoms in total. The number of alkyl halides is 3. The normalized spacial score (nSPS) is 17.4. The summed E-state index contributed by atoms with van der Waals surface area (Å²) >= 11 is 0. The van der Waals surface area contributed by atoms with Crippen LogP contribution in [0.2, 0.25) is 0 Å². The SMILES string of the molecule is O=C(C1CCC1)N(Cc1nccn1Cc1ccccc1C(F)(F)F)CC1CC1. The molecule has 150 valence electrons. The maximum atomic E-state index is 13.3. The molecule has 2 aromatic rings. The van der Waals surface area contributed by atoms with Crippen LogP contribution in [0.4, 0.5) is 13.2 Å². The number of aromatic nitrogens is 2. The van der Waals surface area contributed by atoms with Crippen LogP contribution < -0.4 is 0 Å². The molecule has 2 aliphatic carbocycles. The number of amides is 1. The summed E-state index contributed by atoms with van der Waals surface area (Å²) in [7, 11) is 0. The lowest BCUT2D eigenvalue weighted by molar-refractivity contribution is -0.139.